The monoisotopic (exact) mass is 290 g/mol. The summed E-state index contributed by atoms with van der Waals surface area (Å²) in [5.41, 5.74) is 10.7. The summed E-state index contributed by atoms with van der Waals surface area (Å²) < 4.78 is 5.79. The highest BCUT2D eigenvalue weighted by molar-refractivity contribution is 5.65. The number of ether oxygens (including phenoxy) is 1. The van der Waals surface area contributed by atoms with Gasteiger partial charge in [-0.2, -0.15) is 0 Å². The Morgan fingerprint density at radius 3 is 2.41 bits per heavy atom. The number of aryl methyl sites for hydroxylation is 1. The lowest BCUT2D eigenvalue weighted by molar-refractivity contribution is 0.306. The predicted molar refractivity (Wildman–Crippen MR) is 89.6 cm³/mol. The van der Waals surface area contributed by atoms with Gasteiger partial charge in [0.25, 0.3) is 0 Å². The van der Waals surface area contributed by atoms with Gasteiger partial charge in [-0.25, -0.2) is 0 Å². The van der Waals surface area contributed by atoms with E-state index in [2.05, 4.69) is 17.1 Å². The molecule has 0 bridgehead atoms. The maximum atomic E-state index is 5.79. The Kier molecular flexibility index (Phi) is 4.05. The molecule has 0 aliphatic carbocycles. The van der Waals surface area contributed by atoms with E-state index in [-0.39, 0.29) is 0 Å². The Bertz CT molecular complexity index is 752. The summed E-state index contributed by atoms with van der Waals surface area (Å²) in [5.74, 6) is 0.848. The van der Waals surface area contributed by atoms with Crippen LogP contribution in [0.25, 0.3) is 11.3 Å². The molecule has 0 radical (unpaired) electrons. The van der Waals surface area contributed by atoms with Crippen molar-refractivity contribution in [3.63, 3.8) is 0 Å². The quantitative estimate of drug-likeness (QED) is 0.782. The van der Waals surface area contributed by atoms with E-state index in [9.17, 15) is 0 Å². The number of nitrogens with two attached hydrogens (primary N) is 1. The molecule has 3 nitrogen and oxygen atoms in total. The van der Waals surface area contributed by atoms with Crippen LogP contribution in [0, 0.1) is 6.92 Å². The maximum absolute atomic E-state index is 5.79. The van der Waals surface area contributed by atoms with Crippen molar-refractivity contribution in [3.05, 3.63) is 78.0 Å². The summed E-state index contributed by atoms with van der Waals surface area (Å²) in [7, 11) is 0. The molecule has 0 amide bonds. The van der Waals surface area contributed by atoms with Gasteiger partial charge in [0, 0.05) is 5.56 Å². The third-order valence-electron chi connectivity index (χ3n) is 3.48. The van der Waals surface area contributed by atoms with E-state index >= 15 is 0 Å². The zero-order valence-corrected chi connectivity index (χ0v) is 12.5. The van der Waals surface area contributed by atoms with E-state index in [4.69, 9.17) is 10.5 Å². The van der Waals surface area contributed by atoms with Crippen LogP contribution in [-0.4, -0.2) is 4.98 Å². The second kappa shape index (κ2) is 6.31. The van der Waals surface area contributed by atoms with E-state index in [0.717, 1.165) is 28.1 Å². The first kappa shape index (κ1) is 14.1. The van der Waals surface area contributed by atoms with Crippen LogP contribution in [0.5, 0.6) is 5.75 Å². The molecule has 0 aliphatic rings. The number of hydrogen-bond donors (Lipinski definition) is 1. The van der Waals surface area contributed by atoms with Crippen LogP contribution in [0.4, 0.5) is 5.69 Å². The Balaban J connectivity index is 1.72. The van der Waals surface area contributed by atoms with Crippen molar-refractivity contribution in [3.8, 4) is 17.0 Å². The van der Waals surface area contributed by atoms with Gasteiger partial charge in [-0.3, -0.25) is 4.98 Å². The molecule has 2 aromatic carbocycles. The molecule has 0 fully saturated rings. The van der Waals surface area contributed by atoms with Gasteiger partial charge in [0.1, 0.15) is 12.4 Å². The average molecular weight is 290 g/mol. The molecular weight excluding hydrogens is 272 g/mol. The van der Waals surface area contributed by atoms with Crippen molar-refractivity contribution >= 4 is 5.69 Å². The van der Waals surface area contributed by atoms with Crippen molar-refractivity contribution < 1.29 is 4.74 Å². The molecule has 0 saturated carbocycles. The van der Waals surface area contributed by atoms with E-state index in [1.54, 1.807) is 6.20 Å². The summed E-state index contributed by atoms with van der Waals surface area (Å²) in [6.07, 6.45) is 1.68. The summed E-state index contributed by atoms with van der Waals surface area (Å²) in [6, 6.07) is 20.0. The highest BCUT2D eigenvalue weighted by Gasteiger charge is 2.04. The molecular formula is C19H18N2O. The van der Waals surface area contributed by atoms with Crippen LogP contribution in [0.1, 0.15) is 11.1 Å². The number of benzene rings is 2. The first-order chi connectivity index (χ1) is 10.7. The van der Waals surface area contributed by atoms with Gasteiger partial charge in [0.2, 0.25) is 0 Å². The number of nitrogen functional groups attached to an aromatic ring is 1. The van der Waals surface area contributed by atoms with Gasteiger partial charge in [0.15, 0.2) is 0 Å². The molecule has 0 spiro atoms. The molecule has 0 saturated heterocycles. The molecule has 1 heterocycles. The van der Waals surface area contributed by atoms with E-state index in [1.807, 2.05) is 55.5 Å². The van der Waals surface area contributed by atoms with Gasteiger partial charge >= 0.3 is 0 Å². The van der Waals surface area contributed by atoms with E-state index in [0.29, 0.717) is 12.3 Å². The van der Waals surface area contributed by atoms with Crippen LogP contribution in [-0.2, 0) is 6.61 Å². The number of rotatable bonds is 4. The predicted octanol–water partition coefficient (Wildman–Crippen LogP) is 4.22. The summed E-state index contributed by atoms with van der Waals surface area (Å²) in [6.45, 7) is 2.58. The zero-order chi connectivity index (χ0) is 15.4. The van der Waals surface area contributed by atoms with Gasteiger partial charge in [-0.15, -0.1) is 0 Å². The second-order valence-corrected chi connectivity index (χ2v) is 5.23. The summed E-state index contributed by atoms with van der Waals surface area (Å²) in [4.78, 5) is 4.41. The molecule has 3 rings (SSSR count). The summed E-state index contributed by atoms with van der Waals surface area (Å²) >= 11 is 0. The van der Waals surface area contributed by atoms with Gasteiger partial charge in [-0.05, 0) is 48.4 Å². The third-order valence-corrected chi connectivity index (χ3v) is 3.48. The first-order valence-electron chi connectivity index (χ1n) is 7.21. The molecule has 2 N–H and O–H groups in total. The fraction of sp³-hybridized carbons (Fsp3) is 0.105. The molecule has 0 unspecified atom stereocenters. The Labute approximate surface area is 130 Å². The minimum Gasteiger partial charge on any atom is -0.489 e. The van der Waals surface area contributed by atoms with Crippen molar-refractivity contribution in [1.82, 2.24) is 4.98 Å². The molecule has 0 aliphatic heterocycles. The lowest BCUT2D eigenvalue weighted by atomic mass is 10.1. The Hall–Kier alpha value is -2.81. The molecule has 3 heteroatoms. The largest absolute Gasteiger partial charge is 0.489 e. The number of pyridine rings is 1. The highest BCUT2D eigenvalue weighted by atomic mass is 16.5. The first-order valence-corrected chi connectivity index (χ1v) is 7.21. The van der Waals surface area contributed by atoms with Crippen LogP contribution >= 0.6 is 0 Å². The van der Waals surface area contributed by atoms with Crippen molar-refractivity contribution in [2.24, 2.45) is 0 Å². The number of hydrogen-bond acceptors (Lipinski definition) is 3. The molecule has 1 aromatic heterocycles. The topological polar surface area (TPSA) is 48.1 Å². The number of nitrogens with zero attached hydrogens (tertiary/aromatic N) is 1. The zero-order valence-electron chi connectivity index (χ0n) is 12.5. The molecule has 3 aromatic rings. The number of aromatic nitrogens is 1. The molecule has 0 atom stereocenters. The second-order valence-electron chi connectivity index (χ2n) is 5.23. The fourth-order valence-electron chi connectivity index (χ4n) is 2.35. The van der Waals surface area contributed by atoms with Gasteiger partial charge in [0.05, 0.1) is 17.6 Å². The fourth-order valence-corrected chi connectivity index (χ4v) is 2.35. The number of anilines is 1. The Morgan fingerprint density at radius 2 is 1.73 bits per heavy atom. The van der Waals surface area contributed by atoms with Crippen LogP contribution in [0.2, 0.25) is 0 Å². The van der Waals surface area contributed by atoms with E-state index in [1.165, 1.54) is 0 Å². The SMILES string of the molecule is Cc1cc(N)cnc1-c1ccc(OCc2ccccc2)cc1. The normalized spacial score (nSPS) is 10.4. The maximum Gasteiger partial charge on any atom is 0.119 e. The minimum absolute atomic E-state index is 0.569. The summed E-state index contributed by atoms with van der Waals surface area (Å²) in [5, 5.41) is 0. The van der Waals surface area contributed by atoms with Crippen LogP contribution in [0.3, 0.4) is 0 Å². The minimum atomic E-state index is 0.569. The standard InChI is InChI=1S/C19H18N2O/c1-14-11-17(20)12-21-19(14)16-7-9-18(10-8-16)22-13-15-5-3-2-4-6-15/h2-12H,13,20H2,1H3. The van der Waals surface area contributed by atoms with Crippen LogP contribution < -0.4 is 10.5 Å². The van der Waals surface area contributed by atoms with Crippen molar-refractivity contribution in [1.29, 1.82) is 0 Å². The lowest BCUT2D eigenvalue weighted by Crippen LogP contribution is -1.95. The van der Waals surface area contributed by atoms with Crippen LogP contribution in [0.15, 0.2) is 66.9 Å². The van der Waals surface area contributed by atoms with Crippen molar-refractivity contribution in [2.75, 3.05) is 5.73 Å². The highest BCUT2D eigenvalue weighted by Crippen LogP contribution is 2.24. The van der Waals surface area contributed by atoms with Crippen molar-refractivity contribution in [2.45, 2.75) is 13.5 Å². The Morgan fingerprint density at radius 1 is 1.00 bits per heavy atom. The molecule has 22 heavy (non-hydrogen) atoms. The molecule has 110 valence electrons. The van der Waals surface area contributed by atoms with Gasteiger partial charge < -0.3 is 10.5 Å². The van der Waals surface area contributed by atoms with Gasteiger partial charge in [-0.1, -0.05) is 30.3 Å². The van der Waals surface area contributed by atoms with E-state index < -0.39 is 0 Å². The third kappa shape index (κ3) is 3.26. The lowest BCUT2D eigenvalue weighted by Gasteiger charge is -2.09. The smallest absolute Gasteiger partial charge is 0.119 e. The average Bonchev–Trinajstić information content (AvgIpc) is 2.55.